The van der Waals surface area contributed by atoms with Crippen molar-refractivity contribution < 1.29 is 13.9 Å². The first-order chi connectivity index (χ1) is 12.0. The summed E-state index contributed by atoms with van der Waals surface area (Å²) in [4.78, 5) is 18.9. The van der Waals surface area contributed by atoms with Gasteiger partial charge < -0.3 is 10.1 Å². The lowest BCUT2D eigenvalue weighted by Crippen LogP contribution is -2.44. The van der Waals surface area contributed by atoms with Gasteiger partial charge in [-0.1, -0.05) is 12.1 Å². The second-order valence-corrected chi connectivity index (χ2v) is 8.31. The number of thiazole rings is 1. The van der Waals surface area contributed by atoms with Gasteiger partial charge in [0.05, 0.1) is 24.3 Å². The average molecular weight is 428 g/mol. The summed E-state index contributed by atoms with van der Waals surface area (Å²) < 4.78 is 19.8. The van der Waals surface area contributed by atoms with Crippen LogP contribution in [0.2, 0.25) is 0 Å². The Bertz CT molecular complexity index is 749. The lowest BCUT2D eigenvalue weighted by atomic mass is 10.0. The molecule has 0 radical (unpaired) electrons. The second kappa shape index (κ2) is 8.35. The minimum Gasteiger partial charge on any atom is -0.379 e. The van der Waals surface area contributed by atoms with Gasteiger partial charge in [-0.3, -0.25) is 9.69 Å². The van der Waals surface area contributed by atoms with Crippen molar-refractivity contribution in [2.45, 2.75) is 13.0 Å². The van der Waals surface area contributed by atoms with Crippen molar-refractivity contribution in [2.24, 2.45) is 0 Å². The van der Waals surface area contributed by atoms with Crippen LogP contribution in [0.3, 0.4) is 0 Å². The number of ether oxygens (including phenoxy) is 1. The van der Waals surface area contributed by atoms with E-state index in [1.54, 1.807) is 6.07 Å². The van der Waals surface area contributed by atoms with E-state index in [9.17, 15) is 9.18 Å². The molecule has 1 aliphatic rings. The molecule has 0 unspecified atom stereocenters. The van der Waals surface area contributed by atoms with E-state index in [2.05, 4.69) is 31.1 Å². The number of hydrogen-bond acceptors (Lipinski definition) is 5. The van der Waals surface area contributed by atoms with Gasteiger partial charge in [0.1, 0.15) is 9.60 Å². The number of rotatable bonds is 5. The first-order valence-electron chi connectivity index (χ1n) is 8.03. The largest absolute Gasteiger partial charge is 0.379 e. The molecule has 2 heterocycles. The predicted octanol–water partition coefficient (Wildman–Crippen LogP) is 3.16. The van der Waals surface area contributed by atoms with Crippen molar-refractivity contribution in [1.29, 1.82) is 0 Å². The van der Waals surface area contributed by atoms with E-state index in [1.165, 1.54) is 23.5 Å². The number of morpholine rings is 1. The molecule has 3 rings (SSSR count). The Balaban J connectivity index is 1.75. The van der Waals surface area contributed by atoms with Crippen LogP contribution in [0.4, 0.5) is 4.39 Å². The van der Waals surface area contributed by atoms with Crippen molar-refractivity contribution in [3.8, 4) is 0 Å². The maximum Gasteiger partial charge on any atom is 0.272 e. The number of amides is 1. The lowest BCUT2D eigenvalue weighted by molar-refractivity contribution is 0.0161. The van der Waals surface area contributed by atoms with E-state index in [0.29, 0.717) is 25.5 Å². The zero-order valence-corrected chi connectivity index (χ0v) is 16.2. The van der Waals surface area contributed by atoms with Crippen LogP contribution in [0, 0.1) is 12.7 Å². The van der Waals surface area contributed by atoms with E-state index in [4.69, 9.17) is 4.74 Å². The molecule has 1 aliphatic heterocycles. The van der Waals surface area contributed by atoms with E-state index >= 15 is 0 Å². The molecule has 2 aromatic rings. The van der Waals surface area contributed by atoms with Gasteiger partial charge in [-0.05, 0) is 40.5 Å². The minimum atomic E-state index is -0.278. The highest BCUT2D eigenvalue weighted by Crippen LogP contribution is 2.25. The molecule has 5 nitrogen and oxygen atoms in total. The molecule has 8 heteroatoms. The summed E-state index contributed by atoms with van der Waals surface area (Å²) in [6.45, 7) is 5.00. The third-order valence-corrected chi connectivity index (χ3v) is 5.70. The Morgan fingerprint density at radius 3 is 2.88 bits per heavy atom. The number of nitrogens with zero attached hydrogens (tertiary/aromatic N) is 2. The molecule has 0 aliphatic carbocycles. The van der Waals surface area contributed by atoms with Gasteiger partial charge in [0, 0.05) is 19.6 Å². The normalized spacial score (nSPS) is 16.6. The molecule has 1 saturated heterocycles. The van der Waals surface area contributed by atoms with E-state index in [0.717, 1.165) is 27.4 Å². The minimum absolute atomic E-state index is 0.109. The number of benzene rings is 1. The zero-order chi connectivity index (χ0) is 17.8. The molecule has 1 amide bonds. The van der Waals surface area contributed by atoms with Crippen molar-refractivity contribution >= 4 is 33.2 Å². The molecular formula is C17H19BrFN3O2S. The van der Waals surface area contributed by atoms with Crippen LogP contribution in [0.15, 0.2) is 28.1 Å². The van der Waals surface area contributed by atoms with Crippen molar-refractivity contribution in [1.82, 2.24) is 15.2 Å². The van der Waals surface area contributed by atoms with Gasteiger partial charge in [-0.2, -0.15) is 0 Å². The fourth-order valence-corrected chi connectivity index (χ4v) is 4.48. The van der Waals surface area contributed by atoms with Crippen LogP contribution in [0.5, 0.6) is 0 Å². The first-order valence-corrected chi connectivity index (χ1v) is 9.64. The standard InChI is InChI=1S/C17H19BrFN3O2S/c1-11-21-15(16(18)25-11)17(23)20-10-14(22-5-7-24-8-6-22)12-3-2-4-13(19)9-12/h2-4,9,14H,5-8,10H2,1H3,(H,20,23)/t14-/m0/s1. The summed E-state index contributed by atoms with van der Waals surface area (Å²) in [5.41, 5.74) is 1.23. The zero-order valence-electron chi connectivity index (χ0n) is 13.8. The maximum absolute atomic E-state index is 13.7. The highest BCUT2D eigenvalue weighted by molar-refractivity contribution is 9.11. The average Bonchev–Trinajstić information content (AvgIpc) is 2.94. The fourth-order valence-electron chi connectivity index (χ4n) is 2.88. The number of carbonyl (C=O) groups excluding carboxylic acids is 1. The predicted molar refractivity (Wildman–Crippen MR) is 98.4 cm³/mol. The van der Waals surface area contributed by atoms with Crippen molar-refractivity contribution in [2.75, 3.05) is 32.8 Å². The molecule has 1 N–H and O–H groups in total. The number of aromatic nitrogens is 1. The molecule has 0 spiro atoms. The van der Waals surface area contributed by atoms with Gasteiger partial charge >= 0.3 is 0 Å². The lowest BCUT2D eigenvalue weighted by Gasteiger charge is -2.34. The van der Waals surface area contributed by atoms with E-state index in [-0.39, 0.29) is 17.8 Å². The third-order valence-electron chi connectivity index (χ3n) is 4.08. The summed E-state index contributed by atoms with van der Waals surface area (Å²) in [6, 6.07) is 6.42. The number of aryl methyl sites for hydroxylation is 1. The maximum atomic E-state index is 13.7. The van der Waals surface area contributed by atoms with Gasteiger partial charge in [0.2, 0.25) is 0 Å². The summed E-state index contributed by atoms with van der Waals surface area (Å²) in [6.07, 6.45) is 0. The van der Waals surface area contributed by atoms with E-state index < -0.39 is 0 Å². The molecular weight excluding hydrogens is 409 g/mol. The molecule has 134 valence electrons. The topological polar surface area (TPSA) is 54.5 Å². The Kier molecular flexibility index (Phi) is 6.16. The highest BCUT2D eigenvalue weighted by Gasteiger charge is 2.24. The van der Waals surface area contributed by atoms with Gasteiger partial charge in [-0.25, -0.2) is 9.37 Å². The van der Waals surface area contributed by atoms with Gasteiger partial charge in [0.15, 0.2) is 5.69 Å². The smallest absolute Gasteiger partial charge is 0.272 e. The van der Waals surface area contributed by atoms with Crippen LogP contribution in [-0.4, -0.2) is 48.6 Å². The van der Waals surface area contributed by atoms with Crippen molar-refractivity contribution in [3.05, 3.63) is 50.1 Å². The molecule has 25 heavy (non-hydrogen) atoms. The molecule has 0 saturated carbocycles. The summed E-state index contributed by atoms with van der Waals surface area (Å²) in [5, 5.41) is 3.76. The number of hydrogen-bond donors (Lipinski definition) is 1. The SMILES string of the molecule is Cc1nc(C(=O)NC[C@@H](c2cccc(F)c2)N2CCOCC2)c(Br)s1. The number of halogens is 2. The third kappa shape index (κ3) is 4.63. The van der Waals surface area contributed by atoms with Crippen molar-refractivity contribution in [3.63, 3.8) is 0 Å². The number of nitrogens with one attached hydrogen (secondary N) is 1. The van der Waals surface area contributed by atoms with Crippen LogP contribution in [-0.2, 0) is 4.74 Å². The quantitative estimate of drug-likeness (QED) is 0.795. The van der Waals surface area contributed by atoms with Crippen LogP contribution < -0.4 is 5.32 Å². The summed E-state index contributed by atoms with van der Waals surface area (Å²) in [7, 11) is 0. The van der Waals surface area contributed by atoms with Crippen LogP contribution >= 0.6 is 27.3 Å². The fraction of sp³-hybridized carbons (Fsp3) is 0.412. The van der Waals surface area contributed by atoms with Gasteiger partial charge in [-0.15, -0.1) is 11.3 Å². The molecule has 1 atom stereocenters. The first kappa shape index (κ1) is 18.4. The Hall–Kier alpha value is -1.35. The number of carbonyl (C=O) groups is 1. The van der Waals surface area contributed by atoms with E-state index in [1.807, 2.05) is 13.0 Å². The monoisotopic (exact) mass is 427 g/mol. The summed E-state index contributed by atoms with van der Waals surface area (Å²) in [5.74, 6) is -0.508. The Morgan fingerprint density at radius 2 is 2.24 bits per heavy atom. The van der Waals surface area contributed by atoms with Crippen LogP contribution in [0.1, 0.15) is 27.1 Å². The molecule has 1 fully saturated rings. The molecule has 1 aromatic carbocycles. The second-order valence-electron chi connectivity index (χ2n) is 5.78. The molecule has 1 aromatic heterocycles. The highest BCUT2D eigenvalue weighted by atomic mass is 79.9. The summed E-state index contributed by atoms with van der Waals surface area (Å²) >= 11 is 4.80. The Morgan fingerprint density at radius 1 is 1.48 bits per heavy atom. The Labute approximate surface area is 158 Å². The molecule has 0 bridgehead atoms. The van der Waals surface area contributed by atoms with Gasteiger partial charge in [0.25, 0.3) is 5.91 Å². The van der Waals surface area contributed by atoms with Crippen LogP contribution in [0.25, 0.3) is 0 Å².